The number of hydrogen-bond donors (Lipinski definition) is 0. The van der Waals surface area contributed by atoms with Crippen molar-refractivity contribution in [1.82, 2.24) is 9.88 Å². The van der Waals surface area contributed by atoms with Crippen molar-refractivity contribution in [1.29, 1.82) is 0 Å². The van der Waals surface area contributed by atoms with Crippen LogP contribution in [0.15, 0.2) is 12.7 Å². The first-order valence-corrected chi connectivity index (χ1v) is 6.64. The summed E-state index contributed by atoms with van der Waals surface area (Å²) in [5, 5.41) is 1.16. The predicted octanol–water partition coefficient (Wildman–Crippen LogP) is 2.51. The lowest BCUT2D eigenvalue weighted by atomic mass is 9.98. The number of rotatable bonds is 1. The molecule has 1 aromatic rings. The second-order valence-corrected chi connectivity index (χ2v) is 6.44. The van der Waals surface area contributed by atoms with Gasteiger partial charge in [-0.05, 0) is 6.08 Å². The fraction of sp³-hybridized carbons (Fsp3) is 0.538. The molecule has 17 heavy (non-hydrogen) atoms. The monoisotopic (exact) mass is 250 g/mol. The summed E-state index contributed by atoms with van der Waals surface area (Å²) in [6.45, 7) is 11.5. The lowest BCUT2D eigenvalue weighted by molar-refractivity contribution is -0.126. The van der Waals surface area contributed by atoms with Gasteiger partial charge >= 0.3 is 0 Å². The van der Waals surface area contributed by atoms with Gasteiger partial charge in [0.05, 0.1) is 17.2 Å². The molecule has 0 saturated heterocycles. The Balaban J connectivity index is 2.24. The Morgan fingerprint density at radius 3 is 2.82 bits per heavy atom. The predicted molar refractivity (Wildman–Crippen MR) is 70.1 cm³/mol. The van der Waals surface area contributed by atoms with Crippen molar-refractivity contribution in [3.05, 3.63) is 28.2 Å². The molecular formula is C13H18N2OS. The Hall–Kier alpha value is -1.16. The average molecular weight is 250 g/mol. The Morgan fingerprint density at radius 2 is 2.24 bits per heavy atom. The van der Waals surface area contributed by atoms with E-state index in [0.717, 1.165) is 18.0 Å². The summed E-state index contributed by atoms with van der Waals surface area (Å²) in [4.78, 5) is 19.3. The third-order valence-corrected chi connectivity index (χ3v) is 4.37. The summed E-state index contributed by atoms with van der Waals surface area (Å²) in [6, 6.07) is 0. The minimum absolute atomic E-state index is 0.0151. The number of carbonyl (C=O) groups is 1. The molecule has 1 aliphatic rings. The Bertz CT molecular complexity index is 456. The second kappa shape index (κ2) is 4.26. The molecule has 0 bridgehead atoms. The van der Waals surface area contributed by atoms with E-state index in [1.54, 1.807) is 11.3 Å². The van der Waals surface area contributed by atoms with Crippen LogP contribution in [0.1, 0.15) is 36.3 Å². The van der Waals surface area contributed by atoms with Gasteiger partial charge in [0.25, 0.3) is 0 Å². The van der Waals surface area contributed by atoms with Crippen molar-refractivity contribution in [2.75, 3.05) is 6.54 Å². The standard InChI is InChI=1S/C13H18N2OS/c1-5-11(16)15-7-6-9-10(8-15)17-12(14-9)13(2,3)4/h5H,1,6-8H2,2-4H3. The number of aromatic nitrogens is 1. The van der Waals surface area contributed by atoms with Gasteiger partial charge in [0.15, 0.2) is 0 Å². The number of nitrogens with zero attached hydrogens (tertiary/aromatic N) is 2. The quantitative estimate of drug-likeness (QED) is 0.718. The Labute approximate surface area is 106 Å². The highest BCUT2D eigenvalue weighted by Gasteiger charge is 2.26. The maximum Gasteiger partial charge on any atom is 0.246 e. The van der Waals surface area contributed by atoms with Crippen LogP contribution in [-0.2, 0) is 23.2 Å². The van der Waals surface area contributed by atoms with Gasteiger partial charge in [-0.25, -0.2) is 4.98 Å². The number of carbonyl (C=O) groups excluding carboxylic acids is 1. The van der Waals surface area contributed by atoms with Crippen LogP contribution in [0.3, 0.4) is 0 Å². The van der Waals surface area contributed by atoms with Crippen molar-refractivity contribution in [2.45, 2.75) is 39.2 Å². The molecule has 0 saturated carbocycles. The first-order valence-electron chi connectivity index (χ1n) is 5.82. The van der Waals surface area contributed by atoms with Gasteiger partial charge in [0.1, 0.15) is 0 Å². The van der Waals surface area contributed by atoms with Crippen molar-refractivity contribution < 1.29 is 4.79 Å². The molecule has 0 atom stereocenters. The molecule has 92 valence electrons. The van der Waals surface area contributed by atoms with Gasteiger partial charge in [-0.15, -0.1) is 11.3 Å². The van der Waals surface area contributed by atoms with E-state index < -0.39 is 0 Å². The minimum Gasteiger partial charge on any atom is -0.334 e. The molecule has 2 rings (SSSR count). The lowest BCUT2D eigenvalue weighted by Crippen LogP contribution is -2.34. The van der Waals surface area contributed by atoms with Gasteiger partial charge < -0.3 is 4.90 Å². The molecule has 0 fully saturated rings. The normalized spacial score (nSPS) is 15.6. The fourth-order valence-corrected chi connectivity index (χ4v) is 3.01. The smallest absolute Gasteiger partial charge is 0.246 e. The third kappa shape index (κ3) is 2.41. The molecule has 0 radical (unpaired) electrons. The van der Waals surface area contributed by atoms with Crippen LogP contribution < -0.4 is 0 Å². The van der Waals surface area contributed by atoms with E-state index in [9.17, 15) is 4.79 Å². The van der Waals surface area contributed by atoms with Gasteiger partial charge in [0.2, 0.25) is 5.91 Å². The number of hydrogen-bond acceptors (Lipinski definition) is 3. The molecule has 0 unspecified atom stereocenters. The van der Waals surface area contributed by atoms with Crippen molar-refractivity contribution >= 4 is 17.2 Å². The topological polar surface area (TPSA) is 33.2 Å². The van der Waals surface area contributed by atoms with Crippen LogP contribution in [-0.4, -0.2) is 22.3 Å². The van der Waals surface area contributed by atoms with E-state index in [2.05, 4.69) is 27.4 Å². The lowest BCUT2D eigenvalue weighted by Gasteiger charge is -2.24. The van der Waals surface area contributed by atoms with Gasteiger partial charge in [-0.2, -0.15) is 0 Å². The summed E-state index contributed by atoms with van der Waals surface area (Å²) in [7, 11) is 0. The average Bonchev–Trinajstić information content (AvgIpc) is 2.70. The van der Waals surface area contributed by atoms with Crippen LogP contribution >= 0.6 is 11.3 Å². The van der Waals surface area contributed by atoms with E-state index in [0.29, 0.717) is 6.54 Å². The molecular weight excluding hydrogens is 232 g/mol. The molecule has 2 heterocycles. The highest BCUT2D eigenvalue weighted by Crippen LogP contribution is 2.32. The van der Waals surface area contributed by atoms with Crippen molar-refractivity contribution in [2.24, 2.45) is 0 Å². The number of amides is 1. The number of thiazole rings is 1. The molecule has 1 aliphatic heterocycles. The molecule has 1 aromatic heterocycles. The van der Waals surface area contributed by atoms with Crippen LogP contribution in [0, 0.1) is 0 Å². The molecule has 0 aliphatic carbocycles. The highest BCUT2D eigenvalue weighted by atomic mass is 32.1. The van der Waals surface area contributed by atoms with E-state index in [-0.39, 0.29) is 11.3 Å². The molecule has 0 spiro atoms. The number of fused-ring (bicyclic) bond motifs is 1. The molecule has 3 nitrogen and oxygen atoms in total. The van der Waals surface area contributed by atoms with Gasteiger partial charge in [-0.1, -0.05) is 27.4 Å². The van der Waals surface area contributed by atoms with Crippen LogP contribution in [0.25, 0.3) is 0 Å². The van der Waals surface area contributed by atoms with E-state index in [4.69, 9.17) is 4.98 Å². The van der Waals surface area contributed by atoms with Crippen LogP contribution in [0.2, 0.25) is 0 Å². The summed E-state index contributed by atoms with van der Waals surface area (Å²) >= 11 is 1.73. The molecule has 1 amide bonds. The maximum absolute atomic E-state index is 11.6. The van der Waals surface area contributed by atoms with Crippen molar-refractivity contribution in [3.8, 4) is 0 Å². The first kappa shape index (κ1) is 12.3. The summed E-state index contributed by atoms with van der Waals surface area (Å²) in [6.07, 6.45) is 2.25. The van der Waals surface area contributed by atoms with E-state index >= 15 is 0 Å². The van der Waals surface area contributed by atoms with E-state index in [1.165, 1.54) is 16.6 Å². The SMILES string of the molecule is C=CC(=O)N1CCc2nc(C(C)(C)C)sc2C1. The first-order chi connectivity index (χ1) is 7.91. The zero-order chi connectivity index (χ0) is 12.6. The molecule has 0 aromatic carbocycles. The largest absolute Gasteiger partial charge is 0.334 e. The van der Waals surface area contributed by atoms with Gasteiger partial charge in [-0.3, -0.25) is 4.79 Å². The van der Waals surface area contributed by atoms with Crippen LogP contribution in [0.5, 0.6) is 0 Å². The molecule has 4 heteroatoms. The second-order valence-electron chi connectivity index (χ2n) is 5.35. The Morgan fingerprint density at radius 1 is 1.53 bits per heavy atom. The van der Waals surface area contributed by atoms with Gasteiger partial charge in [0, 0.05) is 23.3 Å². The summed E-state index contributed by atoms with van der Waals surface area (Å²) in [5.74, 6) is 0.0151. The third-order valence-electron chi connectivity index (χ3n) is 2.86. The summed E-state index contributed by atoms with van der Waals surface area (Å²) in [5.41, 5.74) is 1.27. The fourth-order valence-electron chi connectivity index (χ4n) is 1.83. The van der Waals surface area contributed by atoms with Crippen molar-refractivity contribution in [3.63, 3.8) is 0 Å². The highest BCUT2D eigenvalue weighted by molar-refractivity contribution is 7.11. The summed E-state index contributed by atoms with van der Waals surface area (Å²) < 4.78 is 0. The van der Waals surface area contributed by atoms with Crippen LogP contribution in [0.4, 0.5) is 0 Å². The Kier molecular flexibility index (Phi) is 3.08. The zero-order valence-electron chi connectivity index (χ0n) is 10.6. The van der Waals surface area contributed by atoms with E-state index in [1.807, 2.05) is 4.90 Å². The zero-order valence-corrected chi connectivity index (χ0v) is 11.4. The molecule has 0 N–H and O–H groups in total. The minimum atomic E-state index is 0.0151. The maximum atomic E-state index is 11.6.